The second kappa shape index (κ2) is 7.32. The van der Waals surface area contributed by atoms with Gasteiger partial charge in [0.25, 0.3) is 0 Å². The van der Waals surface area contributed by atoms with Gasteiger partial charge in [0, 0.05) is 38.3 Å². The van der Waals surface area contributed by atoms with Gasteiger partial charge in [-0.2, -0.15) is 0 Å². The standard InChI is InChI=1S/C14H17NO2.CH3.Y/c1-8-5-12(10(3)16)7-13(6-8)14-9(2)15-17-11(14)4;;/h5-7,10,16H,1-4H3;1H3;/q;-1;. The first-order valence-corrected chi connectivity index (χ1v) is 5.72. The van der Waals surface area contributed by atoms with Crippen LogP contribution < -0.4 is 0 Å². The molecule has 1 unspecified atom stereocenters. The van der Waals surface area contributed by atoms with Gasteiger partial charge in [0.1, 0.15) is 5.76 Å². The molecule has 2 aromatic rings. The van der Waals surface area contributed by atoms with E-state index in [9.17, 15) is 5.11 Å². The zero-order valence-corrected chi connectivity index (χ0v) is 15.0. The second-order valence-electron chi connectivity index (χ2n) is 4.51. The summed E-state index contributed by atoms with van der Waals surface area (Å²) in [5.74, 6) is 0.810. The number of hydrogen-bond donors (Lipinski definition) is 1. The van der Waals surface area contributed by atoms with Crippen LogP contribution in [0.4, 0.5) is 0 Å². The maximum Gasteiger partial charge on any atom is 0.141 e. The molecule has 1 N–H and O–H groups in total. The van der Waals surface area contributed by atoms with Gasteiger partial charge in [-0.05, 0) is 44.9 Å². The summed E-state index contributed by atoms with van der Waals surface area (Å²) in [6.07, 6.45) is -0.464. The van der Waals surface area contributed by atoms with E-state index in [1.807, 2.05) is 32.9 Å². The van der Waals surface area contributed by atoms with Gasteiger partial charge in [-0.1, -0.05) is 22.9 Å². The fraction of sp³-hybridized carbons (Fsp3) is 0.333. The van der Waals surface area contributed by atoms with Crippen LogP contribution in [0.5, 0.6) is 0 Å². The van der Waals surface area contributed by atoms with Crippen LogP contribution >= 0.6 is 0 Å². The van der Waals surface area contributed by atoms with Crippen LogP contribution in [0, 0.1) is 28.2 Å². The van der Waals surface area contributed by atoms with Gasteiger partial charge >= 0.3 is 0 Å². The molecule has 0 saturated heterocycles. The van der Waals surface area contributed by atoms with Crippen molar-refractivity contribution in [1.29, 1.82) is 0 Å². The summed E-state index contributed by atoms with van der Waals surface area (Å²) in [5, 5.41) is 13.6. The van der Waals surface area contributed by atoms with E-state index < -0.39 is 6.10 Å². The predicted molar refractivity (Wildman–Crippen MR) is 73.2 cm³/mol. The number of benzene rings is 1. The van der Waals surface area contributed by atoms with Crippen molar-refractivity contribution < 1.29 is 42.3 Å². The van der Waals surface area contributed by atoms with E-state index in [4.69, 9.17) is 4.52 Å². The zero-order chi connectivity index (χ0) is 12.6. The van der Waals surface area contributed by atoms with Gasteiger partial charge in [0.15, 0.2) is 0 Å². The Morgan fingerprint density at radius 3 is 2.26 bits per heavy atom. The Morgan fingerprint density at radius 2 is 1.79 bits per heavy atom. The van der Waals surface area contributed by atoms with E-state index in [0.717, 1.165) is 33.7 Å². The molecule has 1 radical (unpaired) electrons. The Balaban J connectivity index is 0.00000162. The maximum atomic E-state index is 9.67. The maximum absolute atomic E-state index is 9.67. The number of nitrogens with zero attached hydrogens (tertiary/aromatic N) is 1. The molecule has 4 heteroatoms. The van der Waals surface area contributed by atoms with Gasteiger partial charge < -0.3 is 17.1 Å². The Labute approximate surface area is 140 Å². The summed E-state index contributed by atoms with van der Waals surface area (Å²) >= 11 is 0. The van der Waals surface area contributed by atoms with Gasteiger partial charge in [0.05, 0.1) is 11.8 Å². The molecular formula is C15H20NO2Y-. The third-order valence-corrected chi connectivity index (χ3v) is 2.90. The topological polar surface area (TPSA) is 46.3 Å². The van der Waals surface area contributed by atoms with Gasteiger partial charge in [0.2, 0.25) is 0 Å². The molecule has 1 aromatic carbocycles. The normalized spacial score (nSPS) is 11.4. The van der Waals surface area contributed by atoms with Crippen molar-refractivity contribution in [3.05, 3.63) is 48.2 Å². The molecule has 0 bridgehead atoms. The molecule has 0 aliphatic heterocycles. The SMILES string of the molecule is Cc1cc(-c2c(C)noc2C)cc(C(C)O)c1.[CH3-].[Y]. The van der Waals surface area contributed by atoms with Crippen LogP contribution in [-0.4, -0.2) is 10.3 Å². The molecule has 0 aliphatic rings. The van der Waals surface area contributed by atoms with E-state index in [0.29, 0.717) is 0 Å². The van der Waals surface area contributed by atoms with Crippen molar-refractivity contribution in [3.8, 4) is 11.1 Å². The number of aliphatic hydroxyl groups is 1. The van der Waals surface area contributed by atoms with Crippen LogP contribution in [0.3, 0.4) is 0 Å². The molecule has 1 heterocycles. The summed E-state index contributed by atoms with van der Waals surface area (Å²) in [5.41, 5.74) is 5.00. The predicted octanol–water partition coefficient (Wildman–Crippen LogP) is 3.77. The first-order chi connectivity index (χ1) is 7.99. The van der Waals surface area contributed by atoms with Crippen molar-refractivity contribution in [1.82, 2.24) is 5.16 Å². The van der Waals surface area contributed by atoms with Crippen LogP contribution in [0.15, 0.2) is 22.7 Å². The van der Waals surface area contributed by atoms with E-state index in [2.05, 4.69) is 11.2 Å². The van der Waals surface area contributed by atoms with Gasteiger partial charge in [-0.15, -0.1) is 0 Å². The fourth-order valence-electron chi connectivity index (χ4n) is 2.09. The molecule has 101 valence electrons. The minimum atomic E-state index is -0.464. The van der Waals surface area contributed by atoms with Crippen LogP contribution in [0.25, 0.3) is 11.1 Å². The van der Waals surface area contributed by atoms with Crippen LogP contribution in [0.1, 0.15) is 35.6 Å². The molecular weight excluding hydrogens is 315 g/mol. The molecule has 1 aromatic heterocycles. The monoisotopic (exact) mass is 335 g/mol. The second-order valence-corrected chi connectivity index (χ2v) is 4.51. The molecule has 0 saturated carbocycles. The third kappa shape index (κ3) is 3.98. The summed E-state index contributed by atoms with van der Waals surface area (Å²) in [6, 6.07) is 6.06. The quantitative estimate of drug-likeness (QED) is 0.850. The minimum Gasteiger partial charge on any atom is -0.389 e. The molecule has 0 aliphatic carbocycles. The Morgan fingerprint density at radius 1 is 1.16 bits per heavy atom. The van der Waals surface area contributed by atoms with Crippen molar-refractivity contribution in [2.75, 3.05) is 0 Å². The van der Waals surface area contributed by atoms with Crippen molar-refractivity contribution >= 4 is 0 Å². The molecule has 0 spiro atoms. The Hall–Kier alpha value is -0.506. The molecule has 3 nitrogen and oxygen atoms in total. The number of aryl methyl sites for hydroxylation is 3. The van der Waals surface area contributed by atoms with E-state index in [-0.39, 0.29) is 40.1 Å². The number of aromatic nitrogens is 1. The Bertz CT molecular complexity index is 528. The average Bonchev–Trinajstić information content (AvgIpc) is 2.57. The average molecular weight is 335 g/mol. The number of rotatable bonds is 2. The molecule has 0 amide bonds. The molecule has 2 rings (SSSR count). The number of hydrogen-bond acceptors (Lipinski definition) is 3. The zero-order valence-electron chi connectivity index (χ0n) is 12.2. The van der Waals surface area contributed by atoms with Gasteiger partial charge in [-0.3, -0.25) is 0 Å². The fourth-order valence-corrected chi connectivity index (χ4v) is 2.09. The first kappa shape index (κ1) is 18.5. The summed E-state index contributed by atoms with van der Waals surface area (Å²) in [6.45, 7) is 7.62. The van der Waals surface area contributed by atoms with Crippen LogP contribution in [0.2, 0.25) is 0 Å². The molecule has 0 fully saturated rings. The van der Waals surface area contributed by atoms with E-state index in [1.54, 1.807) is 6.92 Å². The summed E-state index contributed by atoms with van der Waals surface area (Å²) in [4.78, 5) is 0. The smallest absolute Gasteiger partial charge is 0.141 e. The van der Waals surface area contributed by atoms with E-state index >= 15 is 0 Å². The number of aliphatic hydroxyl groups excluding tert-OH is 1. The van der Waals surface area contributed by atoms with Crippen molar-refractivity contribution in [2.24, 2.45) is 0 Å². The van der Waals surface area contributed by atoms with Crippen LogP contribution in [-0.2, 0) is 32.7 Å². The van der Waals surface area contributed by atoms with Gasteiger partial charge in [-0.25, -0.2) is 0 Å². The van der Waals surface area contributed by atoms with Crippen molar-refractivity contribution in [2.45, 2.75) is 33.8 Å². The van der Waals surface area contributed by atoms with Crippen molar-refractivity contribution in [3.63, 3.8) is 0 Å². The first-order valence-electron chi connectivity index (χ1n) is 5.72. The largest absolute Gasteiger partial charge is 0.389 e. The molecule has 1 atom stereocenters. The van der Waals surface area contributed by atoms with E-state index in [1.165, 1.54) is 0 Å². The Kier molecular flexibility index (Phi) is 7.13. The minimum absolute atomic E-state index is 0. The third-order valence-electron chi connectivity index (χ3n) is 2.90. The molecule has 19 heavy (non-hydrogen) atoms. The summed E-state index contributed by atoms with van der Waals surface area (Å²) < 4.78 is 5.18. The summed E-state index contributed by atoms with van der Waals surface area (Å²) in [7, 11) is 0.